The van der Waals surface area contributed by atoms with Crippen LogP contribution in [0.15, 0.2) is 82.2 Å². The van der Waals surface area contributed by atoms with E-state index in [2.05, 4.69) is 26.6 Å². The lowest BCUT2D eigenvalue weighted by Crippen LogP contribution is -2.34. The summed E-state index contributed by atoms with van der Waals surface area (Å²) < 4.78 is 29.3. The second-order valence-electron chi connectivity index (χ2n) is 6.70. The zero-order valence-electron chi connectivity index (χ0n) is 16.7. The van der Waals surface area contributed by atoms with Gasteiger partial charge in [-0.15, -0.1) is 0 Å². The van der Waals surface area contributed by atoms with Gasteiger partial charge in [0, 0.05) is 16.6 Å². The van der Waals surface area contributed by atoms with E-state index in [1.165, 1.54) is 24.3 Å². The summed E-state index contributed by atoms with van der Waals surface area (Å²) >= 11 is 8.58. The van der Waals surface area contributed by atoms with E-state index in [0.717, 1.165) is 10.0 Å². The molecule has 3 rings (SSSR count). The minimum Gasteiger partial charge on any atom is -0.492 e. The fraction of sp³-hybridized carbons (Fsp3) is 0.0909. The Morgan fingerprint density at radius 1 is 1.03 bits per heavy atom. The highest BCUT2D eigenvalue weighted by molar-refractivity contribution is 9.10. The second-order valence-corrected chi connectivity index (χ2v) is 9.59. The molecule has 0 heterocycles. The molecule has 7 nitrogen and oxygen atoms in total. The molecule has 0 saturated carbocycles. The Morgan fingerprint density at radius 2 is 1.72 bits per heavy atom. The molecule has 0 unspecified atom stereocenters. The van der Waals surface area contributed by atoms with Crippen molar-refractivity contribution < 1.29 is 17.9 Å². The molecule has 0 aliphatic rings. The van der Waals surface area contributed by atoms with E-state index >= 15 is 0 Å². The van der Waals surface area contributed by atoms with Crippen LogP contribution in [0.1, 0.15) is 15.9 Å². The molecule has 32 heavy (non-hydrogen) atoms. The standard InChI is InChI=1S/C22H20BrN3O4S2/c23-16-6-11-20(30-13-12-15-4-2-1-3-5-15)19(14-16)21(27)26-22(31)25-17-7-9-18(10-8-17)32(24,28)29/h1-11,14H,12-13H2,(H2,24,28,29)(H2,25,26,27,31). The molecule has 166 valence electrons. The van der Waals surface area contributed by atoms with Crippen molar-refractivity contribution in [3.05, 3.63) is 88.4 Å². The van der Waals surface area contributed by atoms with Crippen LogP contribution >= 0.6 is 28.1 Å². The van der Waals surface area contributed by atoms with Gasteiger partial charge in [-0.1, -0.05) is 46.3 Å². The maximum Gasteiger partial charge on any atom is 0.261 e. The summed E-state index contributed by atoms with van der Waals surface area (Å²) in [5.74, 6) is -0.0124. The fourth-order valence-corrected chi connectivity index (χ4v) is 3.88. The molecule has 3 aromatic carbocycles. The van der Waals surface area contributed by atoms with Crippen LogP contribution in [0.5, 0.6) is 5.75 Å². The fourth-order valence-electron chi connectivity index (χ4n) is 2.79. The number of sulfonamides is 1. The number of halogens is 1. The molecule has 0 saturated heterocycles. The number of nitrogens with two attached hydrogens (primary N) is 1. The number of primary sulfonamides is 1. The number of thiocarbonyl (C=S) groups is 1. The van der Waals surface area contributed by atoms with Crippen molar-refractivity contribution in [1.82, 2.24) is 5.32 Å². The Bertz CT molecular complexity index is 1220. The first-order chi connectivity index (χ1) is 15.2. The van der Waals surface area contributed by atoms with E-state index < -0.39 is 15.9 Å². The molecule has 3 aromatic rings. The number of hydrogen-bond donors (Lipinski definition) is 3. The van der Waals surface area contributed by atoms with Crippen LogP contribution in [0, 0.1) is 0 Å². The van der Waals surface area contributed by atoms with Gasteiger partial charge in [-0.05, 0) is 60.2 Å². The highest BCUT2D eigenvalue weighted by atomic mass is 79.9. The van der Waals surface area contributed by atoms with Crippen molar-refractivity contribution in [2.45, 2.75) is 11.3 Å². The Labute approximate surface area is 200 Å². The first kappa shape index (κ1) is 23.9. The highest BCUT2D eigenvalue weighted by Crippen LogP contribution is 2.24. The number of carbonyl (C=O) groups excluding carboxylic acids is 1. The lowest BCUT2D eigenvalue weighted by Gasteiger charge is -2.14. The Morgan fingerprint density at radius 3 is 2.38 bits per heavy atom. The van der Waals surface area contributed by atoms with Gasteiger partial charge in [-0.3, -0.25) is 10.1 Å². The van der Waals surface area contributed by atoms with Crippen LogP contribution in [0.25, 0.3) is 0 Å². The summed E-state index contributed by atoms with van der Waals surface area (Å²) in [4.78, 5) is 12.8. The smallest absolute Gasteiger partial charge is 0.261 e. The molecular formula is C22H20BrN3O4S2. The van der Waals surface area contributed by atoms with Crippen molar-refractivity contribution in [3.8, 4) is 5.75 Å². The van der Waals surface area contributed by atoms with Crippen molar-refractivity contribution in [1.29, 1.82) is 0 Å². The van der Waals surface area contributed by atoms with Crippen LogP contribution in [0.3, 0.4) is 0 Å². The molecule has 0 radical (unpaired) electrons. The molecule has 0 aliphatic heterocycles. The van der Waals surface area contributed by atoms with Gasteiger partial charge in [0.25, 0.3) is 5.91 Å². The third kappa shape index (κ3) is 6.86. The van der Waals surface area contributed by atoms with Crippen LogP contribution in [-0.4, -0.2) is 26.0 Å². The number of carbonyl (C=O) groups is 1. The summed E-state index contributed by atoms with van der Waals surface area (Å²) in [7, 11) is -3.79. The maximum absolute atomic E-state index is 12.8. The summed E-state index contributed by atoms with van der Waals surface area (Å²) in [6, 6.07) is 20.7. The zero-order valence-corrected chi connectivity index (χ0v) is 20.0. The predicted octanol–water partition coefficient (Wildman–Crippen LogP) is 3.84. The quantitative estimate of drug-likeness (QED) is 0.398. The second kappa shape index (κ2) is 10.7. The first-order valence-electron chi connectivity index (χ1n) is 9.44. The molecule has 0 aliphatic carbocycles. The number of hydrogen-bond acceptors (Lipinski definition) is 5. The number of rotatable bonds is 7. The number of nitrogens with one attached hydrogen (secondary N) is 2. The summed E-state index contributed by atoms with van der Waals surface area (Å²) in [5.41, 5.74) is 1.95. The van der Waals surface area contributed by atoms with E-state index in [1.807, 2.05) is 30.3 Å². The molecule has 0 atom stereocenters. The molecule has 1 amide bonds. The summed E-state index contributed by atoms with van der Waals surface area (Å²) in [6.45, 7) is 0.408. The highest BCUT2D eigenvalue weighted by Gasteiger charge is 2.15. The minimum atomic E-state index is -3.79. The van der Waals surface area contributed by atoms with Gasteiger partial charge >= 0.3 is 0 Å². The first-order valence-corrected chi connectivity index (χ1v) is 12.2. The third-order valence-corrected chi connectivity index (χ3v) is 5.97. The summed E-state index contributed by atoms with van der Waals surface area (Å²) in [5, 5.41) is 10.6. The number of benzene rings is 3. The van der Waals surface area contributed by atoms with Crippen LogP contribution < -0.4 is 20.5 Å². The maximum atomic E-state index is 12.8. The molecule has 4 N–H and O–H groups in total. The van der Waals surface area contributed by atoms with Gasteiger partial charge in [-0.25, -0.2) is 13.6 Å². The van der Waals surface area contributed by atoms with Gasteiger partial charge in [-0.2, -0.15) is 0 Å². The van der Waals surface area contributed by atoms with Crippen molar-refractivity contribution in [3.63, 3.8) is 0 Å². The van der Waals surface area contributed by atoms with Gasteiger partial charge in [0.2, 0.25) is 10.0 Å². The summed E-state index contributed by atoms with van der Waals surface area (Å²) in [6.07, 6.45) is 0.701. The van der Waals surface area contributed by atoms with Crippen molar-refractivity contribution in [2.24, 2.45) is 5.14 Å². The van der Waals surface area contributed by atoms with Gasteiger partial charge in [0.05, 0.1) is 17.1 Å². The topological polar surface area (TPSA) is 111 Å². The molecule has 10 heteroatoms. The molecule has 0 aromatic heterocycles. The van der Waals surface area contributed by atoms with E-state index in [9.17, 15) is 13.2 Å². The predicted molar refractivity (Wildman–Crippen MR) is 131 cm³/mol. The Balaban J connectivity index is 1.63. The average Bonchev–Trinajstić information content (AvgIpc) is 2.75. The van der Waals surface area contributed by atoms with Gasteiger partial charge in [0.15, 0.2) is 5.11 Å². The van der Waals surface area contributed by atoms with Crippen LogP contribution in [-0.2, 0) is 16.4 Å². The van der Waals surface area contributed by atoms with Crippen LogP contribution in [0.4, 0.5) is 5.69 Å². The zero-order chi connectivity index (χ0) is 23.1. The van der Waals surface area contributed by atoms with Crippen LogP contribution in [0.2, 0.25) is 0 Å². The lowest BCUT2D eigenvalue weighted by molar-refractivity contribution is 0.0973. The number of ether oxygens (including phenoxy) is 1. The van der Waals surface area contributed by atoms with Gasteiger partial charge in [0.1, 0.15) is 5.75 Å². The average molecular weight is 534 g/mol. The largest absolute Gasteiger partial charge is 0.492 e. The minimum absolute atomic E-state index is 0.0237. The number of anilines is 1. The molecule has 0 fully saturated rings. The lowest BCUT2D eigenvalue weighted by atomic mass is 10.1. The van der Waals surface area contributed by atoms with Gasteiger partial charge < -0.3 is 10.1 Å². The molecule has 0 spiro atoms. The van der Waals surface area contributed by atoms with E-state index in [0.29, 0.717) is 30.0 Å². The third-order valence-electron chi connectivity index (χ3n) is 4.35. The Hall–Kier alpha value is -2.79. The SMILES string of the molecule is NS(=O)(=O)c1ccc(NC(=S)NC(=O)c2cc(Br)ccc2OCCc2ccccc2)cc1. The van der Waals surface area contributed by atoms with E-state index in [1.54, 1.807) is 18.2 Å². The Kier molecular flexibility index (Phi) is 7.97. The molecule has 0 bridgehead atoms. The van der Waals surface area contributed by atoms with E-state index in [-0.39, 0.29) is 10.0 Å². The number of amides is 1. The molecular weight excluding hydrogens is 514 g/mol. The van der Waals surface area contributed by atoms with E-state index in [4.69, 9.17) is 22.1 Å². The van der Waals surface area contributed by atoms with Crippen molar-refractivity contribution >= 4 is 54.9 Å². The normalized spacial score (nSPS) is 10.9. The van der Waals surface area contributed by atoms with Crippen molar-refractivity contribution in [2.75, 3.05) is 11.9 Å². The monoisotopic (exact) mass is 533 g/mol.